The van der Waals surface area contributed by atoms with E-state index in [2.05, 4.69) is 15.4 Å². The van der Waals surface area contributed by atoms with Crippen molar-refractivity contribution in [2.24, 2.45) is 0 Å². The lowest BCUT2D eigenvalue weighted by Gasteiger charge is -2.33. The number of nitrogens with zero attached hydrogens (tertiary/aromatic N) is 1. The lowest BCUT2D eigenvalue weighted by molar-refractivity contribution is -0.118. The van der Waals surface area contributed by atoms with Crippen LogP contribution in [-0.4, -0.2) is 49.6 Å². The number of ether oxygens (including phenoxy) is 1. The van der Waals surface area contributed by atoms with Gasteiger partial charge in [0.2, 0.25) is 5.91 Å². The Kier molecular flexibility index (Phi) is 7.50. The fourth-order valence-corrected chi connectivity index (χ4v) is 2.26. The summed E-state index contributed by atoms with van der Waals surface area (Å²) in [7, 11) is 0. The average Bonchev–Trinajstić information content (AvgIpc) is 2.43. The van der Waals surface area contributed by atoms with Crippen LogP contribution >= 0.6 is 12.4 Å². The molecular weight excluding hydrogens is 316 g/mol. The normalized spacial score (nSPS) is 18.6. The van der Waals surface area contributed by atoms with Gasteiger partial charge in [0.05, 0.1) is 12.2 Å². The van der Waals surface area contributed by atoms with E-state index in [0.29, 0.717) is 0 Å². The quantitative estimate of drug-likeness (QED) is 0.863. The molecule has 0 saturated carbocycles. The molecule has 1 aromatic carbocycles. The summed E-state index contributed by atoms with van der Waals surface area (Å²) < 4.78 is 29.0. The molecule has 8 heteroatoms. The first kappa shape index (κ1) is 18.6. The van der Waals surface area contributed by atoms with Gasteiger partial charge in [0.1, 0.15) is 5.75 Å². The molecule has 0 unspecified atom stereocenters. The Labute approximate surface area is 134 Å². The molecule has 0 aliphatic carbocycles. The molecule has 1 aliphatic heterocycles. The predicted octanol–water partition coefficient (Wildman–Crippen LogP) is 1.94. The molecule has 1 atom stereocenters. The second-order valence-corrected chi connectivity index (χ2v) is 4.95. The first-order chi connectivity index (χ1) is 10.1. The number of para-hydroxylation sites is 2. The Balaban J connectivity index is 0.00000242. The van der Waals surface area contributed by atoms with Crippen molar-refractivity contribution < 1.29 is 18.3 Å². The lowest BCUT2D eigenvalue weighted by atomic mass is 10.2. The minimum absolute atomic E-state index is 0. The SMILES string of the molecule is C[C@@H]1CNCCN1CC(=O)Nc1ccccc1OC(F)F.Cl. The number of benzene rings is 1. The third-order valence-electron chi connectivity index (χ3n) is 3.36. The van der Waals surface area contributed by atoms with Gasteiger partial charge in [-0.2, -0.15) is 8.78 Å². The van der Waals surface area contributed by atoms with Gasteiger partial charge in [0.25, 0.3) is 0 Å². The van der Waals surface area contributed by atoms with E-state index in [1.54, 1.807) is 12.1 Å². The number of carbonyl (C=O) groups is 1. The van der Waals surface area contributed by atoms with E-state index in [1.165, 1.54) is 12.1 Å². The summed E-state index contributed by atoms with van der Waals surface area (Å²) in [5.74, 6) is -0.275. The van der Waals surface area contributed by atoms with Crippen LogP contribution in [0.2, 0.25) is 0 Å². The largest absolute Gasteiger partial charge is 0.433 e. The molecule has 0 aromatic heterocycles. The van der Waals surface area contributed by atoms with Crippen molar-refractivity contribution in [3.63, 3.8) is 0 Å². The van der Waals surface area contributed by atoms with Crippen molar-refractivity contribution in [3.8, 4) is 5.75 Å². The van der Waals surface area contributed by atoms with Crippen LogP contribution in [0.25, 0.3) is 0 Å². The Hall–Kier alpha value is -1.44. The number of hydrogen-bond donors (Lipinski definition) is 2. The molecule has 22 heavy (non-hydrogen) atoms. The van der Waals surface area contributed by atoms with E-state index in [-0.39, 0.29) is 42.3 Å². The average molecular weight is 336 g/mol. The zero-order valence-corrected chi connectivity index (χ0v) is 13.0. The van der Waals surface area contributed by atoms with Gasteiger partial charge in [-0.15, -0.1) is 12.4 Å². The summed E-state index contributed by atoms with van der Waals surface area (Å²) in [5, 5.41) is 5.87. The second kappa shape index (κ2) is 8.87. The van der Waals surface area contributed by atoms with E-state index in [0.717, 1.165) is 19.6 Å². The van der Waals surface area contributed by atoms with Crippen LogP contribution in [0.3, 0.4) is 0 Å². The number of nitrogens with one attached hydrogen (secondary N) is 2. The van der Waals surface area contributed by atoms with Gasteiger partial charge in [0.15, 0.2) is 0 Å². The first-order valence-corrected chi connectivity index (χ1v) is 6.84. The highest BCUT2D eigenvalue weighted by Gasteiger charge is 2.21. The molecule has 124 valence electrons. The molecule has 1 saturated heterocycles. The third kappa shape index (κ3) is 5.40. The van der Waals surface area contributed by atoms with E-state index < -0.39 is 6.61 Å². The molecule has 0 radical (unpaired) electrons. The maximum atomic E-state index is 12.3. The maximum absolute atomic E-state index is 12.3. The molecule has 1 aromatic rings. The van der Waals surface area contributed by atoms with E-state index in [4.69, 9.17) is 0 Å². The number of carbonyl (C=O) groups excluding carboxylic acids is 1. The summed E-state index contributed by atoms with van der Waals surface area (Å²) in [4.78, 5) is 14.1. The Morgan fingerprint density at radius 2 is 2.23 bits per heavy atom. The molecule has 0 spiro atoms. The Morgan fingerprint density at radius 1 is 1.50 bits per heavy atom. The highest BCUT2D eigenvalue weighted by atomic mass is 35.5. The second-order valence-electron chi connectivity index (χ2n) is 4.95. The third-order valence-corrected chi connectivity index (χ3v) is 3.36. The summed E-state index contributed by atoms with van der Waals surface area (Å²) in [6.07, 6.45) is 0. The zero-order valence-electron chi connectivity index (χ0n) is 12.2. The van der Waals surface area contributed by atoms with Crippen LogP contribution in [0.5, 0.6) is 5.75 Å². The minimum Gasteiger partial charge on any atom is -0.433 e. The zero-order chi connectivity index (χ0) is 15.2. The lowest BCUT2D eigenvalue weighted by Crippen LogP contribution is -2.52. The van der Waals surface area contributed by atoms with Crippen LogP contribution < -0.4 is 15.4 Å². The molecule has 2 N–H and O–H groups in total. The molecule has 5 nitrogen and oxygen atoms in total. The number of hydrogen-bond acceptors (Lipinski definition) is 4. The molecule has 0 bridgehead atoms. The number of halogens is 3. The van der Waals surface area contributed by atoms with E-state index >= 15 is 0 Å². The van der Waals surface area contributed by atoms with Gasteiger partial charge in [-0.05, 0) is 19.1 Å². The standard InChI is InChI=1S/C14H19F2N3O2.ClH/c1-10-8-17-6-7-19(10)9-13(20)18-11-4-2-3-5-12(11)21-14(15)16;/h2-5,10,14,17H,6-9H2,1H3,(H,18,20);1H/t10-;/m1./s1. The van der Waals surface area contributed by atoms with Crippen LogP contribution in [0.15, 0.2) is 24.3 Å². The predicted molar refractivity (Wildman–Crippen MR) is 82.9 cm³/mol. The van der Waals surface area contributed by atoms with Crippen molar-refractivity contribution in [1.29, 1.82) is 0 Å². The van der Waals surface area contributed by atoms with Crippen LogP contribution in [0.4, 0.5) is 14.5 Å². The Bertz CT molecular complexity index is 491. The number of anilines is 1. The molecule has 1 aliphatic rings. The van der Waals surface area contributed by atoms with Crippen molar-refractivity contribution in [2.75, 3.05) is 31.5 Å². The summed E-state index contributed by atoms with van der Waals surface area (Å²) in [5.41, 5.74) is 0.255. The number of alkyl halides is 2. The summed E-state index contributed by atoms with van der Waals surface area (Å²) >= 11 is 0. The first-order valence-electron chi connectivity index (χ1n) is 6.84. The van der Waals surface area contributed by atoms with Gasteiger partial charge in [-0.3, -0.25) is 9.69 Å². The van der Waals surface area contributed by atoms with Crippen molar-refractivity contribution in [3.05, 3.63) is 24.3 Å². The van der Waals surface area contributed by atoms with Crippen molar-refractivity contribution >= 4 is 24.0 Å². The Morgan fingerprint density at radius 3 is 2.91 bits per heavy atom. The summed E-state index contributed by atoms with van der Waals surface area (Å²) in [6.45, 7) is 1.79. The molecule has 2 rings (SSSR count). The molecule has 1 fully saturated rings. The molecule has 1 heterocycles. The number of amides is 1. The highest BCUT2D eigenvalue weighted by molar-refractivity contribution is 5.93. The van der Waals surface area contributed by atoms with Crippen molar-refractivity contribution in [2.45, 2.75) is 19.6 Å². The number of piperazine rings is 1. The van der Waals surface area contributed by atoms with Crippen LogP contribution in [0, 0.1) is 0 Å². The van der Waals surface area contributed by atoms with Crippen LogP contribution in [-0.2, 0) is 4.79 Å². The van der Waals surface area contributed by atoms with Gasteiger partial charge in [0, 0.05) is 25.7 Å². The van der Waals surface area contributed by atoms with Gasteiger partial charge >= 0.3 is 6.61 Å². The fraction of sp³-hybridized carbons (Fsp3) is 0.500. The monoisotopic (exact) mass is 335 g/mol. The number of rotatable bonds is 5. The van der Waals surface area contributed by atoms with Crippen LogP contribution in [0.1, 0.15) is 6.92 Å². The van der Waals surface area contributed by atoms with Gasteiger partial charge in [-0.1, -0.05) is 12.1 Å². The molecular formula is C14H20ClF2N3O2. The van der Waals surface area contributed by atoms with Gasteiger partial charge in [-0.25, -0.2) is 0 Å². The maximum Gasteiger partial charge on any atom is 0.387 e. The highest BCUT2D eigenvalue weighted by Crippen LogP contribution is 2.25. The van der Waals surface area contributed by atoms with Crippen molar-refractivity contribution in [1.82, 2.24) is 10.2 Å². The molecule has 1 amide bonds. The van der Waals surface area contributed by atoms with E-state index in [1.807, 2.05) is 11.8 Å². The van der Waals surface area contributed by atoms with E-state index in [9.17, 15) is 13.6 Å². The van der Waals surface area contributed by atoms with Gasteiger partial charge < -0.3 is 15.4 Å². The smallest absolute Gasteiger partial charge is 0.387 e. The topological polar surface area (TPSA) is 53.6 Å². The summed E-state index contributed by atoms with van der Waals surface area (Å²) in [6, 6.07) is 6.43. The fourth-order valence-electron chi connectivity index (χ4n) is 2.26. The minimum atomic E-state index is -2.92.